The van der Waals surface area contributed by atoms with Gasteiger partial charge in [-0.3, -0.25) is 9.69 Å². The summed E-state index contributed by atoms with van der Waals surface area (Å²) >= 11 is 5.09. The van der Waals surface area contributed by atoms with Crippen LogP contribution >= 0.6 is 12.2 Å². The summed E-state index contributed by atoms with van der Waals surface area (Å²) in [6.45, 7) is 4.03. The van der Waals surface area contributed by atoms with Crippen LogP contribution in [0.1, 0.15) is 5.56 Å². The van der Waals surface area contributed by atoms with Gasteiger partial charge in [0.15, 0.2) is 0 Å². The highest BCUT2D eigenvalue weighted by atomic mass is 32.1. The average Bonchev–Trinajstić information content (AvgIpc) is 2.67. The molecule has 1 aromatic carbocycles. The molecule has 0 aliphatic carbocycles. The maximum Gasteiger partial charge on any atom is 0.275 e. The molecule has 2 rings (SSSR count). The van der Waals surface area contributed by atoms with Crippen LogP contribution in [0, 0.1) is 0 Å². The molecule has 1 aliphatic heterocycles. The van der Waals surface area contributed by atoms with Crippen molar-refractivity contribution in [1.82, 2.24) is 4.90 Å². The minimum Gasteiger partial charge on any atom is -0.378 e. The van der Waals surface area contributed by atoms with Crippen molar-refractivity contribution in [3.05, 3.63) is 42.5 Å². The zero-order chi connectivity index (χ0) is 14.7. The summed E-state index contributed by atoms with van der Waals surface area (Å²) in [6.07, 6.45) is 2.15. The van der Waals surface area contributed by atoms with Gasteiger partial charge in [0.2, 0.25) is 5.11 Å². The molecule has 5 heteroatoms. The molecule has 0 saturated carbocycles. The Balaban J connectivity index is 2.11. The fourth-order valence-electron chi connectivity index (χ4n) is 1.98. The average molecular weight is 287 g/mol. The van der Waals surface area contributed by atoms with Crippen molar-refractivity contribution in [3.63, 3.8) is 0 Å². The zero-order valence-corrected chi connectivity index (χ0v) is 12.5. The predicted molar refractivity (Wildman–Crippen MR) is 86.4 cm³/mol. The van der Waals surface area contributed by atoms with Crippen LogP contribution in [-0.4, -0.2) is 42.3 Å². The van der Waals surface area contributed by atoms with Gasteiger partial charge < -0.3 is 4.90 Å². The number of anilines is 1. The first kappa shape index (κ1) is 14.4. The normalized spacial score (nSPS) is 14.5. The van der Waals surface area contributed by atoms with Gasteiger partial charge in [0, 0.05) is 32.7 Å². The topological polar surface area (TPSA) is 35.9 Å². The second kappa shape index (κ2) is 5.96. The standard InChI is InChI=1S/C15H17N3OS/c1-4-9-18-14(19)13(16-15(18)20)10-11-5-7-12(8-6-11)17(2)3/h4-8H,1,9-10H2,2-3H3. The summed E-state index contributed by atoms with van der Waals surface area (Å²) in [7, 11) is 3.98. The molecule has 1 aliphatic rings. The van der Waals surface area contributed by atoms with Crippen molar-refractivity contribution in [2.24, 2.45) is 4.99 Å². The summed E-state index contributed by atoms with van der Waals surface area (Å²) < 4.78 is 0. The van der Waals surface area contributed by atoms with Gasteiger partial charge in [-0.05, 0) is 29.9 Å². The molecule has 0 fully saturated rings. The van der Waals surface area contributed by atoms with Crippen LogP contribution in [0.5, 0.6) is 0 Å². The number of aliphatic imine (C=N–C) groups is 1. The first-order valence-corrected chi connectivity index (χ1v) is 6.74. The first-order chi connectivity index (χ1) is 9.52. The van der Waals surface area contributed by atoms with Gasteiger partial charge in [0.1, 0.15) is 5.71 Å². The van der Waals surface area contributed by atoms with E-state index in [0.29, 0.717) is 23.8 Å². The Morgan fingerprint density at radius 2 is 2.00 bits per heavy atom. The van der Waals surface area contributed by atoms with E-state index < -0.39 is 0 Å². The van der Waals surface area contributed by atoms with Crippen molar-refractivity contribution in [2.45, 2.75) is 6.42 Å². The fourth-order valence-corrected chi connectivity index (χ4v) is 2.24. The Bertz CT molecular complexity index is 575. The van der Waals surface area contributed by atoms with Gasteiger partial charge in [-0.1, -0.05) is 18.2 Å². The molecule has 0 radical (unpaired) electrons. The third-order valence-electron chi connectivity index (χ3n) is 3.09. The van der Waals surface area contributed by atoms with Gasteiger partial charge in [0.05, 0.1) is 0 Å². The lowest BCUT2D eigenvalue weighted by atomic mass is 10.1. The van der Waals surface area contributed by atoms with Crippen LogP contribution in [-0.2, 0) is 11.2 Å². The van der Waals surface area contributed by atoms with Crippen molar-refractivity contribution < 1.29 is 4.79 Å². The van der Waals surface area contributed by atoms with Gasteiger partial charge in [-0.2, -0.15) is 0 Å². The summed E-state index contributed by atoms with van der Waals surface area (Å²) in [4.78, 5) is 19.8. The number of hydrogen-bond acceptors (Lipinski definition) is 3. The van der Waals surface area contributed by atoms with E-state index in [1.165, 1.54) is 4.90 Å². The molecule has 1 amide bonds. The maximum atomic E-state index is 12.1. The molecule has 4 nitrogen and oxygen atoms in total. The number of amides is 1. The number of carbonyl (C=O) groups excluding carboxylic acids is 1. The fraction of sp³-hybridized carbons (Fsp3) is 0.267. The number of carbonyl (C=O) groups is 1. The second-order valence-corrected chi connectivity index (χ2v) is 5.15. The monoisotopic (exact) mass is 287 g/mol. The molecule has 0 bridgehead atoms. The lowest BCUT2D eigenvalue weighted by molar-refractivity contribution is -0.119. The van der Waals surface area contributed by atoms with E-state index in [4.69, 9.17) is 12.2 Å². The van der Waals surface area contributed by atoms with E-state index in [-0.39, 0.29) is 5.91 Å². The Morgan fingerprint density at radius 1 is 1.35 bits per heavy atom. The van der Waals surface area contributed by atoms with E-state index in [1.54, 1.807) is 6.08 Å². The number of hydrogen-bond donors (Lipinski definition) is 0. The number of nitrogens with zero attached hydrogens (tertiary/aromatic N) is 3. The number of benzene rings is 1. The van der Waals surface area contributed by atoms with Crippen molar-refractivity contribution in [3.8, 4) is 0 Å². The molecule has 0 N–H and O–H groups in total. The summed E-state index contributed by atoms with van der Waals surface area (Å²) in [5.74, 6) is -0.119. The highest BCUT2D eigenvalue weighted by molar-refractivity contribution is 7.80. The Labute approximate surface area is 124 Å². The predicted octanol–water partition coefficient (Wildman–Crippen LogP) is 2.05. The SMILES string of the molecule is C=CCN1C(=O)C(Cc2ccc(N(C)C)cc2)=NC1=S. The van der Waals surface area contributed by atoms with Crippen molar-refractivity contribution in [1.29, 1.82) is 0 Å². The smallest absolute Gasteiger partial charge is 0.275 e. The third-order valence-corrected chi connectivity index (χ3v) is 3.40. The summed E-state index contributed by atoms with van der Waals surface area (Å²) in [5.41, 5.74) is 2.66. The van der Waals surface area contributed by atoms with Gasteiger partial charge in [-0.15, -0.1) is 6.58 Å². The van der Waals surface area contributed by atoms with Gasteiger partial charge in [0.25, 0.3) is 5.91 Å². The molecule has 104 valence electrons. The summed E-state index contributed by atoms with van der Waals surface area (Å²) in [6, 6.07) is 8.05. The van der Waals surface area contributed by atoms with E-state index in [1.807, 2.05) is 43.3 Å². The molecular weight excluding hydrogens is 270 g/mol. The van der Waals surface area contributed by atoms with E-state index in [2.05, 4.69) is 11.6 Å². The molecule has 0 atom stereocenters. The molecule has 0 saturated heterocycles. The van der Waals surface area contributed by atoms with Gasteiger partial charge in [-0.25, -0.2) is 4.99 Å². The zero-order valence-electron chi connectivity index (χ0n) is 11.7. The van der Waals surface area contributed by atoms with Crippen LogP contribution in [0.15, 0.2) is 41.9 Å². The van der Waals surface area contributed by atoms with E-state index in [0.717, 1.165) is 11.3 Å². The summed E-state index contributed by atoms with van der Waals surface area (Å²) in [5, 5.41) is 0.329. The molecular formula is C15H17N3OS. The molecule has 0 aromatic heterocycles. The molecule has 1 aromatic rings. The van der Waals surface area contributed by atoms with Crippen molar-refractivity contribution in [2.75, 3.05) is 25.5 Å². The molecule has 20 heavy (non-hydrogen) atoms. The largest absolute Gasteiger partial charge is 0.378 e. The Hall–Kier alpha value is -2.01. The lowest BCUT2D eigenvalue weighted by Crippen LogP contribution is -2.33. The van der Waals surface area contributed by atoms with E-state index >= 15 is 0 Å². The third kappa shape index (κ3) is 2.93. The van der Waals surface area contributed by atoms with Crippen molar-refractivity contribution >= 4 is 34.6 Å². The minimum atomic E-state index is -0.119. The minimum absolute atomic E-state index is 0.119. The first-order valence-electron chi connectivity index (χ1n) is 6.33. The van der Waals surface area contributed by atoms with Crippen LogP contribution in [0.2, 0.25) is 0 Å². The van der Waals surface area contributed by atoms with E-state index in [9.17, 15) is 4.79 Å². The van der Waals surface area contributed by atoms with Crippen LogP contribution in [0.4, 0.5) is 5.69 Å². The highest BCUT2D eigenvalue weighted by Gasteiger charge is 2.29. The Morgan fingerprint density at radius 3 is 2.55 bits per heavy atom. The maximum absolute atomic E-state index is 12.1. The number of thiocarbonyl (C=S) groups is 1. The van der Waals surface area contributed by atoms with Crippen LogP contribution < -0.4 is 4.90 Å². The number of rotatable bonds is 5. The second-order valence-electron chi connectivity index (χ2n) is 4.78. The highest BCUT2D eigenvalue weighted by Crippen LogP contribution is 2.15. The lowest BCUT2D eigenvalue weighted by Gasteiger charge is -2.13. The van der Waals surface area contributed by atoms with Crippen LogP contribution in [0.25, 0.3) is 0 Å². The van der Waals surface area contributed by atoms with Gasteiger partial charge >= 0.3 is 0 Å². The quantitative estimate of drug-likeness (QED) is 0.614. The Kier molecular flexibility index (Phi) is 4.29. The molecule has 0 spiro atoms. The molecule has 0 unspecified atom stereocenters. The molecule has 1 heterocycles. The van der Waals surface area contributed by atoms with Crippen LogP contribution in [0.3, 0.4) is 0 Å².